The van der Waals surface area contributed by atoms with Gasteiger partial charge in [0.1, 0.15) is 0 Å². The minimum absolute atomic E-state index is 0.0835. The van der Waals surface area contributed by atoms with Crippen LogP contribution in [0, 0.1) is 10.1 Å². The van der Waals surface area contributed by atoms with Gasteiger partial charge in [0.25, 0.3) is 5.69 Å². The highest BCUT2D eigenvalue weighted by molar-refractivity contribution is 5.91. The Labute approximate surface area is 108 Å². The molecule has 8 nitrogen and oxygen atoms in total. The number of benzene rings is 1. The van der Waals surface area contributed by atoms with Crippen LogP contribution in [0.25, 0.3) is 16.5 Å². The van der Waals surface area contributed by atoms with E-state index in [1.54, 1.807) is 0 Å². The van der Waals surface area contributed by atoms with Crippen molar-refractivity contribution in [2.45, 2.75) is 0 Å². The molecule has 98 valence electrons. The Kier molecular flexibility index (Phi) is 5.06. The van der Waals surface area contributed by atoms with Crippen LogP contribution in [0.2, 0.25) is 0 Å². The van der Waals surface area contributed by atoms with E-state index in [0.29, 0.717) is 5.56 Å². The molecule has 0 aliphatic carbocycles. The number of rotatable bonds is 5. The van der Waals surface area contributed by atoms with Crippen LogP contribution < -0.4 is 0 Å². The van der Waals surface area contributed by atoms with E-state index in [2.05, 4.69) is 14.8 Å². The lowest BCUT2D eigenvalue weighted by atomic mass is 10.1. The minimum Gasteiger partial charge on any atom is -0.465 e. The van der Waals surface area contributed by atoms with Crippen LogP contribution in [-0.2, 0) is 4.74 Å². The molecule has 0 spiro atoms. The van der Waals surface area contributed by atoms with E-state index in [0.717, 1.165) is 6.07 Å². The Morgan fingerprint density at radius 1 is 1.58 bits per heavy atom. The van der Waals surface area contributed by atoms with Crippen molar-refractivity contribution in [2.75, 3.05) is 13.7 Å². The Bertz CT molecular complexity index is 576. The lowest BCUT2D eigenvalue weighted by Gasteiger charge is -2.01. The number of hydrogen-bond acceptors (Lipinski definition) is 5. The van der Waals surface area contributed by atoms with Gasteiger partial charge in [0.05, 0.1) is 17.6 Å². The van der Waals surface area contributed by atoms with Crippen LogP contribution in [-0.4, -0.2) is 24.5 Å². The quantitative estimate of drug-likeness (QED) is 0.202. The smallest absolute Gasteiger partial charge is 0.338 e. The van der Waals surface area contributed by atoms with Gasteiger partial charge in [-0.25, -0.2) is 4.79 Å². The lowest BCUT2D eigenvalue weighted by molar-refractivity contribution is -0.384. The monoisotopic (exact) mass is 262 g/mol. The molecule has 0 aromatic heterocycles. The maximum absolute atomic E-state index is 11.4. The summed E-state index contributed by atoms with van der Waals surface area (Å²) in [6.45, 7) is 0.118. The Balaban J connectivity index is 3.12. The first-order valence-corrected chi connectivity index (χ1v) is 5.13. The Hall–Kier alpha value is -2.86. The van der Waals surface area contributed by atoms with Crippen molar-refractivity contribution in [1.82, 2.24) is 0 Å². The summed E-state index contributed by atoms with van der Waals surface area (Å²) >= 11 is 0. The summed E-state index contributed by atoms with van der Waals surface area (Å²) in [6.07, 6.45) is 3.05. The van der Waals surface area contributed by atoms with Gasteiger partial charge in [0, 0.05) is 23.6 Å². The van der Waals surface area contributed by atoms with Crippen molar-refractivity contribution in [3.63, 3.8) is 0 Å². The molecule has 1 rings (SSSR count). The highest BCUT2D eigenvalue weighted by Crippen LogP contribution is 2.19. The van der Waals surface area contributed by atoms with Gasteiger partial charge in [0.2, 0.25) is 0 Å². The molecule has 0 radical (unpaired) electrons. The number of non-ortho nitro benzene ring substituents is 1. The topological polar surface area (TPSA) is 118 Å². The number of carbonyl (C=O) groups is 1. The van der Waals surface area contributed by atoms with Crippen molar-refractivity contribution in [1.29, 1.82) is 0 Å². The molecule has 0 aliphatic heterocycles. The second kappa shape index (κ2) is 6.77. The van der Waals surface area contributed by atoms with Gasteiger partial charge in [-0.15, -0.1) is 0 Å². The first-order valence-electron chi connectivity index (χ1n) is 5.13. The Morgan fingerprint density at radius 2 is 2.32 bits per heavy atom. The van der Waals surface area contributed by atoms with Crippen LogP contribution in [0.5, 0.6) is 0 Å². The first-order chi connectivity index (χ1) is 9.08. The molecular formula is C11H10N4O4. The summed E-state index contributed by atoms with van der Waals surface area (Å²) in [4.78, 5) is 24.1. The van der Waals surface area contributed by atoms with Crippen molar-refractivity contribution < 1.29 is 14.5 Å². The number of ether oxygens (including phenoxy) is 1. The summed E-state index contributed by atoms with van der Waals surface area (Å²) in [6, 6.07) is 3.89. The highest BCUT2D eigenvalue weighted by atomic mass is 16.6. The summed E-state index contributed by atoms with van der Waals surface area (Å²) in [5.41, 5.74) is 8.42. The molecule has 0 saturated heterocycles. The van der Waals surface area contributed by atoms with Crippen LogP contribution in [0.3, 0.4) is 0 Å². The van der Waals surface area contributed by atoms with E-state index in [-0.39, 0.29) is 17.8 Å². The third kappa shape index (κ3) is 4.14. The van der Waals surface area contributed by atoms with Crippen LogP contribution in [0.4, 0.5) is 5.69 Å². The zero-order valence-corrected chi connectivity index (χ0v) is 10.0. The van der Waals surface area contributed by atoms with Crippen LogP contribution >= 0.6 is 0 Å². The molecule has 0 heterocycles. The van der Waals surface area contributed by atoms with Crippen LogP contribution in [0.1, 0.15) is 15.9 Å². The van der Waals surface area contributed by atoms with Gasteiger partial charge in [0.15, 0.2) is 0 Å². The van der Waals surface area contributed by atoms with Gasteiger partial charge in [-0.05, 0) is 17.2 Å². The maximum atomic E-state index is 11.4. The maximum Gasteiger partial charge on any atom is 0.338 e. The van der Waals surface area contributed by atoms with Crippen LogP contribution in [0.15, 0.2) is 29.4 Å². The largest absolute Gasteiger partial charge is 0.465 e. The standard InChI is InChI=1S/C11H10N4O4/c1-19-11(16)9-5-8(3-2-4-13-14-12)6-10(7-9)15(17)18/h2-3,5-7H,4H2,1H3. The molecule has 0 atom stereocenters. The van der Waals surface area contributed by atoms with Gasteiger partial charge >= 0.3 is 5.97 Å². The molecular weight excluding hydrogens is 252 g/mol. The molecule has 1 aromatic carbocycles. The van der Waals surface area contributed by atoms with E-state index in [1.807, 2.05) is 0 Å². The van der Waals surface area contributed by atoms with Gasteiger partial charge in [-0.2, -0.15) is 0 Å². The van der Waals surface area contributed by atoms with Crippen molar-refractivity contribution in [3.8, 4) is 0 Å². The minimum atomic E-state index is -0.659. The van der Waals surface area contributed by atoms with E-state index in [9.17, 15) is 14.9 Å². The fourth-order valence-corrected chi connectivity index (χ4v) is 1.34. The number of methoxy groups -OCH3 is 1. The molecule has 0 fully saturated rings. The second-order valence-corrected chi connectivity index (χ2v) is 3.38. The van der Waals surface area contributed by atoms with Gasteiger partial charge in [-0.1, -0.05) is 17.3 Å². The third-order valence-corrected chi connectivity index (χ3v) is 2.13. The van der Waals surface area contributed by atoms with Gasteiger partial charge in [-0.3, -0.25) is 10.1 Å². The number of nitro groups is 1. The van der Waals surface area contributed by atoms with Gasteiger partial charge < -0.3 is 4.74 Å². The molecule has 0 bridgehead atoms. The SMILES string of the molecule is COC(=O)c1cc(C=CCN=[N+]=[N-])cc([N+](=O)[O-])c1. The fourth-order valence-electron chi connectivity index (χ4n) is 1.34. The van der Waals surface area contributed by atoms with Crippen molar-refractivity contribution in [2.24, 2.45) is 5.11 Å². The highest BCUT2D eigenvalue weighted by Gasteiger charge is 2.13. The zero-order chi connectivity index (χ0) is 14.3. The summed E-state index contributed by atoms with van der Waals surface area (Å²) in [5.74, 6) is -0.659. The number of esters is 1. The molecule has 0 N–H and O–H groups in total. The molecule has 0 saturated carbocycles. The lowest BCUT2D eigenvalue weighted by Crippen LogP contribution is -2.02. The predicted octanol–water partition coefficient (Wildman–Crippen LogP) is 2.70. The molecule has 1 aromatic rings. The first kappa shape index (κ1) is 14.2. The number of azide groups is 1. The molecule has 19 heavy (non-hydrogen) atoms. The fraction of sp³-hybridized carbons (Fsp3) is 0.182. The normalized spacial score (nSPS) is 9.95. The predicted molar refractivity (Wildman–Crippen MR) is 67.5 cm³/mol. The summed E-state index contributed by atoms with van der Waals surface area (Å²) in [7, 11) is 1.19. The van der Waals surface area contributed by atoms with E-state index >= 15 is 0 Å². The second-order valence-electron chi connectivity index (χ2n) is 3.38. The number of hydrogen-bond donors (Lipinski definition) is 0. The number of carbonyl (C=O) groups excluding carboxylic acids is 1. The van der Waals surface area contributed by atoms with Crippen molar-refractivity contribution in [3.05, 3.63) is 56.0 Å². The van der Waals surface area contributed by atoms with E-state index in [1.165, 1.54) is 31.4 Å². The zero-order valence-electron chi connectivity index (χ0n) is 10.0. The average molecular weight is 262 g/mol. The van der Waals surface area contributed by atoms with E-state index in [4.69, 9.17) is 5.53 Å². The third-order valence-electron chi connectivity index (χ3n) is 2.13. The summed E-state index contributed by atoms with van der Waals surface area (Å²) < 4.78 is 4.52. The molecule has 0 unspecified atom stereocenters. The Morgan fingerprint density at radius 3 is 2.89 bits per heavy atom. The van der Waals surface area contributed by atoms with Crippen molar-refractivity contribution >= 4 is 17.7 Å². The molecule has 0 amide bonds. The number of nitrogens with zero attached hydrogens (tertiary/aromatic N) is 4. The number of nitro benzene ring substituents is 1. The average Bonchev–Trinajstić information content (AvgIpc) is 2.42. The summed E-state index contributed by atoms with van der Waals surface area (Å²) in [5, 5.41) is 14.0. The molecule has 8 heteroatoms. The molecule has 0 aliphatic rings. The van der Waals surface area contributed by atoms with E-state index < -0.39 is 10.9 Å².